The van der Waals surface area contributed by atoms with Gasteiger partial charge in [0.1, 0.15) is 0 Å². The molecule has 0 amide bonds. The second kappa shape index (κ2) is 7.03. The molecule has 1 aromatic heterocycles. The molecule has 1 N–H and O–H groups in total. The summed E-state index contributed by atoms with van der Waals surface area (Å²) in [7, 11) is 4.13. The fourth-order valence-electron chi connectivity index (χ4n) is 2.68. The molecular weight excluding hydrogens is 240 g/mol. The standard InChI is InChI=1S/C14H26N4O/c1-4-6-15-13-5-7-19-11-14(13)17(2)9-12-8-16-18(3)10-12/h8,10,13-15H,4-7,9,11H2,1-3H3. The van der Waals surface area contributed by atoms with Crippen molar-refractivity contribution < 1.29 is 4.74 Å². The van der Waals surface area contributed by atoms with Crippen molar-refractivity contribution in [1.29, 1.82) is 0 Å². The summed E-state index contributed by atoms with van der Waals surface area (Å²) in [6.45, 7) is 5.91. The predicted octanol–water partition coefficient (Wildman–Crippen LogP) is 1.01. The maximum absolute atomic E-state index is 5.65. The molecule has 1 saturated heterocycles. The minimum absolute atomic E-state index is 0.445. The monoisotopic (exact) mass is 266 g/mol. The molecule has 1 fully saturated rings. The summed E-state index contributed by atoms with van der Waals surface area (Å²) in [5.41, 5.74) is 1.25. The van der Waals surface area contributed by atoms with E-state index in [4.69, 9.17) is 4.74 Å². The number of nitrogens with one attached hydrogen (secondary N) is 1. The van der Waals surface area contributed by atoms with Gasteiger partial charge in [0.2, 0.25) is 0 Å². The molecule has 1 aromatic rings. The highest BCUT2D eigenvalue weighted by molar-refractivity contribution is 5.04. The molecule has 2 atom stereocenters. The third-order valence-electron chi connectivity index (χ3n) is 3.74. The zero-order valence-corrected chi connectivity index (χ0v) is 12.3. The van der Waals surface area contributed by atoms with Crippen LogP contribution in [0.4, 0.5) is 0 Å². The lowest BCUT2D eigenvalue weighted by Crippen LogP contribution is -2.54. The summed E-state index contributed by atoms with van der Waals surface area (Å²) < 4.78 is 7.51. The minimum atomic E-state index is 0.445. The number of aromatic nitrogens is 2. The molecule has 1 aliphatic rings. The van der Waals surface area contributed by atoms with E-state index in [0.717, 1.165) is 32.7 Å². The maximum atomic E-state index is 5.65. The number of likely N-dealkylation sites (N-methyl/N-ethyl adjacent to an activating group) is 1. The Balaban J connectivity index is 1.92. The highest BCUT2D eigenvalue weighted by Gasteiger charge is 2.28. The molecule has 0 radical (unpaired) electrons. The van der Waals surface area contributed by atoms with Crippen LogP contribution < -0.4 is 5.32 Å². The van der Waals surface area contributed by atoms with Crippen molar-refractivity contribution in [1.82, 2.24) is 20.0 Å². The molecule has 108 valence electrons. The quantitative estimate of drug-likeness (QED) is 0.834. The van der Waals surface area contributed by atoms with Crippen molar-refractivity contribution in [3.05, 3.63) is 18.0 Å². The van der Waals surface area contributed by atoms with Gasteiger partial charge >= 0.3 is 0 Å². The Kier molecular flexibility index (Phi) is 5.36. The van der Waals surface area contributed by atoms with Crippen LogP contribution in [0.1, 0.15) is 25.3 Å². The second-order valence-electron chi connectivity index (χ2n) is 5.43. The number of hydrogen-bond donors (Lipinski definition) is 1. The molecule has 1 aliphatic heterocycles. The van der Waals surface area contributed by atoms with E-state index in [-0.39, 0.29) is 0 Å². The summed E-state index contributed by atoms with van der Waals surface area (Å²) in [5, 5.41) is 7.88. The lowest BCUT2D eigenvalue weighted by Gasteiger charge is -2.38. The van der Waals surface area contributed by atoms with Gasteiger partial charge in [-0.1, -0.05) is 6.92 Å². The van der Waals surface area contributed by atoms with E-state index in [0.29, 0.717) is 12.1 Å². The van der Waals surface area contributed by atoms with Crippen LogP contribution in [0.3, 0.4) is 0 Å². The first-order chi connectivity index (χ1) is 9.20. The van der Waals surface area contributed by atoms with Gasteiger partial charge in [0.15, 0.2) is 0 Å². The smallest absolute Gasteiger partial charge is 0.0637 e. The Labute approximate surface area is 115 Å². The van der Waals surface area contributed by atoms with Crippen LogP contribution >= 0.6 is 0 Å². The first kappa shape index (κ1) is 14.5. The molecule has 0 aliphatic carbocycles. The molecule has 2 unspecified atom stereocenters. The van der Waals surface area contributed by atoms with Crippen LogP contribution in [0.25, 0.3) is 0 Å². The number of hydrogen-bond acceptors (Lipinski definition) is 4. The zero-order valence-electron chi connectivity index (χ0n) is 12.3. The Bertz CT molecular complexity index is 379. The first-order valence-corrected chi connectivity index (χ1v) is 7.19. The van der Waals surface area contributed by atoms with Gasteiger partial charge in [0.05, 0.1) is 12.8 Å². The van der Waals surface area contributed by atoms with Gasteiger partial charge in [-0.05, 0) is 26.4 Å². The van der Waals surface area contributed by atoms with Crippen molar-refractivity contribution >= 4 is 0 Å². The van der Waals surface area contributed by atoms with Crippen molar-refractivity contribution in [2.45, 2.75) is 38.4 Å². The third kappa shape index (κ3) is 4.03. The zero-order chi connectivity index (χ0) is 13.7. The van der Waals surface area contributed by atoms with Gasteiger partial charge in [-0.15, -0.1) is 0 Å². The number of nitrogens with zero attached hydrogens (tertiary/aromatic N) is 3. The van der Waals surface area contributed by atoms with E-state index in [1.807, 2.05) is 17.9 Å². The van der Waals surface area contributed by atoms with Gasteiger partial charge in [-0.3, -0.25) is 9.58 Å². The Morgan fingerprint density at radius 3 is 3.11 bits per heavy atom. The fourth-order valence-corrected chi connectivity index (χ4v) is 2.68. The molecule has 19 heavy (non-hydrogen) atoms. The molecule has 2 rings (SSSR count). The van der Waals surface area contributed by atoms with Gasteiger partial charge in [0.25, 0.3) is 0 Å². The molecule has 5 nitrogen and oxygen atoms in total. The van der Waals surface area contributed by atoms with E-state index < -0.39 is 0 Å². The van der Waals surface area contributed by atoms with Crippen LogP contribution in [0.5, 0.6) is 0 Å². The largest absolute Gasteiger partial charge is 0.380 e. The summed E-state index contributed by atoms with van der Waals surface area (Å²) >= 11 is 0. The van der Waals surface area contributed by atoms with Gasteiger partial charge < -0.3 is 10.1 Å². The van der Waals surface area contributed by atoms with Crippen LogP contribution in [-0.4, -0.2) is 53.6 Å². The number of aryl methyl sites for hydroxylation is 1. The normalized spacial score (nSPS) is 24.0. The van der Waals surface area contributed by atoms with Gasteiger partial charge in [-0.25, -0.2) is 0 Å². The Hall–Kier alpha value is -0.910. The SMILES string of the molecule is CCCNC1CCOCC1N(C)Cc1cnn(C)c1. The molecule has 0 saturated carbocycles. The summed E-state index contributed by atoms with van der Waals surface area (Å²) in [6, 6.07) is 0.982. The van der Waals surface area contributed by atoms with Crippen molar-refractivity contribution in [2.75, 3.05) is 26.8 Å². The highest BCUT2D eigenvalue weighted by atomic mass is 16.5. The van der Waals surface area contributed by atoms with E-state index in [1.54, 1.807) is 0 Å². The fraction of sp³-hybridized carbons (Fsp3) is 0.786. The topological polar surface area (TPSA) is 42.3 Å². The average molecular weight is 266 g/mol. The average Bonchev–Trinajstić information content (AvgIpc) is 2.82. The Morgan fingerprint density at radius 2 is 2.42 bits per heavy atom. The molecular formula is C14H26N4O. The predicted molar refractivity (Wildman–Crippen MR) is 76.0 cm³/mol. The molecule has 0 bridgehead atoms. The van der Waals surface area contributed by atoms with Crippen LogP contribution in [0.15, 0.2) is 12.4 Å². The molecule has 0 spiro atoms. The van der Waals surface area contributed by atoms with Gasteiger partial charge in [-0.2, -0.15) is 5.10 Å². The van der Waals surface area contributed by atoms with Crippen LogP contribution in [0, 0.1) is 0 Å². The molecule has 0 aromatic carbocycles. The second-order valence-corrected chi connectivity index (χ2v) is 5.43. The minimum Gasteiger partial charge on any atom is -0.380 e. The number of ether oxygens (including phenoxy) is 1. The van der Waals surface area contributed by atoms with Crippen molar-refractivity contribution in [3.8, 4) is 0 Å². The van der Waals surface area contributed by atoms with E-state index >= 15 is 0 Å². The van der Waals surface area contributed by atoms with Gasteiger partial charge in [0, 0.05) is 44.0 Å². The summed E-state index contributed by atoms with van der Waals surface area (Å²) in [6.07, 6.45) is 6.29. The third-order valence-corrected chi connectivity index (χ3v) is 3.74. The van der Waals surface area contributed by atoms with E-state index in [2.05, 4.69) is 35.5 Å². The Morgan fingerprint density at radius 1 is 1.58 bits per heavy atom. The highest BCUT2D eigenvalue weighted by Crippen LogP contribution is 2.15. The lowest BCUT2D eigenvalue weighted by atomic mass is 10.0. The molecule has 2 heterocycles. The first-order valence-electron chi connectivity index (χ1n) is 7.19. The molecule has 5 heteroatoms. The maximum Gasteiger partial charge on any atom is 0.0637 e. The van der Waals surface area contributed by atoms with Crippen LogP contribution in [0.2, 0.25) is 0 Å². The summed E-state index contributed by atoms with van der Waals surface area (Å²) in [4.78, 5) is 2.38. The van der Waals surface area contributed by atoms with Crippen molar-refractivity contribution in [3.63, 3.8) is 0 Å². The van der Waals surface area contributed by atoms with Crippen molar-refractivity contribution in [2.24, 2.45) is 7.05 Å². The number of rotatable bonds is 6. The van der Waals surface area contributed by atoms with E-state index in [1.165, 1.54) is 12.0 Å². The lowest BCUT2D eigenvalue weighted by molar-refractivity contribution is 0.00349. The summed E-state index contributed by atoms with van der Waals surface area (Å²) in [5.74, 6) is 0. The van der Waals surface area contributed by atoms with E-state index in [9.17, 15) is 0 Å². The van der Waals surface area contributed by atoms with Crippen LogP contribution in [-0.2, 0) is 18.3 Å².